The molecule has 0 bridgehead atoms. The van der Waals surface area contributed by atoms with Gasteiger partial charge in [0.25, 0.3) is 17.7 Å². The first kappa shape index (κ1) is 19.8. The molecule has 0 fully saturated rings. The first-order valence-electron chi connectivity index (χ1n) is 10.3. The van der Waals surface area contributed by atoms with Crippen LogP contribution in [0.3, 0.4) is 0 Å². The van der Waals surface area contributed by atoms with Crippen LogP contribution in [0.15, 0.2) is 71.4 Å². The van der Waals surface area contributed by atoms with Gasteiger partial charge < -0.3 is 14.4 Å². The number of rotatable bonds is 4. The van der Waals surface area contributed by atoms with Crippen molar-refractivity contribution < 1.29 is 23.9 Å². The Kier molecular flexibility index (Phi) is 4.86. The van der Waals surface area contributed by atoms with Crippen LogP contribution in [0.25, 0.3) is 5.57 Å². The van der Waals surface area contributed by atoms with Crippen LogP contribution >= 0.6 is 0 Å². The summed E-state index contributed by atoms with van der Waals surface area (Å²) in [5.74, 6) is -0.266. The molecule has 3 aromatic rings. The Bertz CT molecular complexity index is 1240. The number of nitrogens with zero attached hydrogens (tertiary/aromatic N) is 2. The zero-order chi connectivity index (χ0) is 22.2. The lowest BCUT2D eigenvalue weighted by Crippen LogP contribution is -2.34. The van der Waals surface area contributed by atoms with Gasteiger partial charge in [0.15, 0.2) is 0 Å². The Hall–Kier alpha value is -4.13. The van der Waals surface area contributed by atoms with Crippen molar-refractivity contribution in [1.82, 2.24) is 9.80 Å². The number of imide groups is 1. The minimum Gasteiger partial charge on any atom is -0.508 e. The lowest BCUT2D eigenvalue weighted by molar-refractivity contribution is 0.0631. The molecule has 2 aliphatic rings. The van der Waals surface area contributed by atoms with Crippen LogP contribution in [0.2, 0.25) is 0 Å². The maximum atomic E-state index is 13.1. The summed E-state index contributed by atoms with van der Waals surface area (Å²) in [6, 6.07) is 15.1. The van der Waals surface area contributed by atoms with E-state index in [2.05, 4.69) is 0 Å². The van der Waals surface area contributed by atoms with Crippen molar-refractivity contribution in [1.29, 1.82) is 0 Å². The van der Waals surface area contributed by atoms with Gasteiger partial charge in [-0.05, 0) is 60.0 Å². The summed E-state index contributed by atoms with van der Waals surface area (Å²) < 4.78 is 5.25. The molecule has 7 nitrogen and oxygen atoms in total. The minimum atomic E-state index is -0.427. The molecule has 1 aromatic heterocycles. The van der Waals surface area contributed by atoms with Gasteiger partial charge >= 0.3 is 0 Å². The van der Waals surface area contributed by atoms with Crippen LogP contribution in [0.4, 0.5) is 0 Å². The number of furan rings is 1. The molecule has 0 unspecified atom stereocenters. The summed E-state index contributed by atoms with van der Waals surface area (Å²) >= 11 is 0. The van der Waals surface area contributed by atoms with Gasteiger partial charge in [-0.1, -0.05) is 18.2 Å². The minimum absolute atomic E-state index is 0.0551. The number of phenols is 1. The molecule has 160 valence electrons. The third kappa shape index (κ3) is 3.47. The quantitative estimate of drug-likeness (QED) is 0.640. The lowest BCUT2D eigenvalue weighted by atomic mass is 9.98. The van der Waals surface area contributed by atoms with Crippen LogP contribution in [-0.2, 0) is 6.54 Å². The fraction of sp³-hybridized carbons (Fsp3) is 0.160. The van der Waals surface area contributed by atoms with Crippen molar-refractivity contribution in [3.63, 3.8) is 0 Å². The molecule has 32 heavy (non-hydrogen) atoms. The van der Waals surface area contributed by atoms with Gasteiger partial charge in [0.2, 0.25) is 0 Å². The molecule has 1 N–H and O–H groups in total. The Balaban J connectivity index is 1.32. The number of benzene rings is 2. The lowest BCUT2D eigenvalue weighted by Gasteiger charge is -2.27. The number of hydrogen-bond acceptors (Lipinski definition) is 5. The van der Waals surface area contributed by atoms with Gasteiger partial charge in [-0.2, -0.15) is 0 Å². The molecule has 0 spiro atoms. The van der Waals surface area contributed by atoms with E-state index in [1.165, 1.54) is 12.3 Å². The van der Waals surface area contributed by atoms with Crippen molar-refractivity contribution in [2.75, 3.05) is 13.1 Å². The highest BCUT2D eigenvalue weighted by Gasteiger charge is 2.36. The van der Waals surface area contributed by atoms with E-state index < -0.39 is 5.91 Å². The highest BCUT2D eigenvalue weighted by Crippen LogP contribution is 2.28. The Labute approximate surface area is 184 Å². The maximum Gasteiger partial charge on any atom is 0.261 e. The Morgan fingerprint density at radius 2 is 1.78 bits per heavy atom. The van der Waals surface area contributed by atoms with E-state index in [9.17, 15) is 19.5 Å². The first-order valence-corrected chi connectivity index (χ1v) is 10.3. The summed E-state index contributed by atoms with van der Waals surface area (Å²) in [5, 5.41) is 9.45. The second kappa shape index (κ2) is 7.85. The van der Waals surface area contributed by atoms with E-state index in [-0.39, 0.29) is 29.7 Å². The number of hydrogen-bond donors (Lipinski definition) is 1. The second-order valence-corrected chi connectivity index (χ2v) is 7.81. The molecule has 2 aliphatic heterocycles. The average Bonchev–Trinajstić information content (AvgIpc) is 3.42. The largest absolute Gasteiger partial charge is 0.508 e. The second-order valence-electron chi connectivity index (χ2n) is 7.81. The molecule has 0 radical (unpaired) electrons. The average molecular weight is 428 g/mol. The molecular weight excluding hydrogens is 408 g/mol. The van der Waals surface area contributed by atoms with Crippen molar-refractivity contribution in [3.05, 3.63) is 95.0 Å². The van der Waals surface area contributed by atoms with E-state index in [1.54, 1.807) is 41.3 Å². The summed E-state index contributed by atoms with van der Waals surface area (Å²) in [7, 11) is 0. The van der Waals surface area contributed by atoms with Gasteiger partial charge in [-0.3, -0.25) is 19.3 Å². The van der Waals surface area contributed by atoms with E-state index in [1.807, 2.05) is 18.2 Å². The normalized spacial score (nSPS) is 15.7. The predicted molar refractivity (Wildman–Crippen MR) is 116 cm³/mol. The summed E-state index contributed by atoms with van der Waals surface area (Å²) in [5.41, 5.74) is 3.06. The van der Waals surface area contributed by atoms with Crippen molar-refractivity contribution in [2.24, 2.45) is 0 Å². The SMILES string of the molecule is O=C(c1ccc2c(c1)C(=O)N(Cc1ccco1)C2=O)N1CC=C(c2ccc(O)cc2)CC1. The topological polar surface area (TPSA) is 91.1 Å². The van der Waals surface area contributed by atoms with E-state index in [0.717, 1.165) is 16.0 Å². The highest BCUT2D eigenvalue weighted by atomic mass is 16.3. The van der Waals surface area contributed by atoms with Crippen molar-refractivity contribution >= 4 is 23.3 Å². The molecule has 5 rings (SSSR count). The Morgan fingerprint density at radius 3 is 2.47 bits per heavy atom. The molecular formula is C25H20N2O5. The third-order valence-electron chi connectivity index (χ3n) is 5.85. The maximum absolute atomic E-state index is 13.1. The fourth-order valence-corrected chi connectivity index (χ4v) is 4.10. The number of amides is 3. The molecule has 7 heteroatoms. The monoisotopic (exact) mass is 428 g/mol. The molecule has 0 saturated carbocycles. The van der Waals surface area contributed by atoms with Gasteiger partial charge in [-0.25, -0.2) is 0 Å². The number of aromatic hydroxyl groups is 1. The zero-order valence-corrected chi connectivity index (χ0v) is 17.2. The predicted octanol–water partition coefficient (Wildman–Crippen LogP) is 3.71. The molecule has 0 aliphatic carbocycles. The Morgan fingerprint density at radius 1 is 1.00 bits per heavy atom. The van der Waals surface area contributed by atoms with Crippen LogP contribution in [0, 0.1) is 0 Å². The summed E-state index contributed by atoms with van der Waals surface area (Å²) in [4.78, 5) is 41.4. The number of carbonyl (C=O) groups is 3. The standard InChI is InChI=1S/C25H20N2O5/c28-19-6-3-16(4-7-19)17-9-11-26(12-10-17)23(29)18-5-8-21-22(14-18)25(31)27(24(21)30)15-20-2-1-13-32-20/h1-9,13-14,28H,10-12,15H2. The molecule has 3 heterocycles. The van der Waals surface area contributed by atoms with Crippen molar-refractivity contribution in [2.45, 2.75) is 13.0 Å². The number of fused-ring (bicyclic) bond motifs is 1. The third-order valence-corrected chi connectivity index (χ3v) is 5.85. The fourth-order valence-electron chi connectivity index (χ4n) is 4.10. The highest BCUT2D eigenvalue weighted by molar-refractivity contribution is 6.22. The number of carbonyl (C=O) groups excluding carboxylic acids is 3. The molecule has 3 amide bonds. The zero-order valence-electron chi connectivity index (χ0n) is 17.2. The first-order chi connectivity index (χ1) is 15.5. The van der Waals surface area contributed by atoms with Gasteiger partial charge in [0.1, 0.15) is 11.5 Å². The van der Waals surface area contributed by atoms with Gasteiger partial charge in [0, 0.05) is 18.7 Å². The van der Waals surface area contributed by atoms with Gasteiger partial charge in [0.05, 0.1) is 23.9 Å². The van der Waals surface area contributed by atoms with Crippen LogP contribution in [-0.4, -0.2) is 45.7 Å². The smallest absolute Gasteiger partial charge is 0.261 e. The van der Waals surface area contributed by atoms with Crippen LogP contribution in [0.5, 0.6) is 5.75 Å². The van der Waals surface area contributed by atoms with Crippen LogP contribution in [0.1, 0.15) is 48.8 Å². The number of phenolic OH excluding ortho intramolecular Hbond substituents is 1. The van der Waals surface area contributed by atoms with E-state index in [4.69, 9.17) is 4.42 Å². The van der Waals surface area contributed by atoms with E-state index in [0.29, 0.717) is 36.4 Å². The summed E-state index contributed by atoms with van der Waals surface area (Å²) in [6.07, 6.45) is 4.18. The molecule has 2 aromatic carbocycles. The van der Waals surface area contributed by atoms with Gasteiger partial charge in [-0.15, -0.1) is 0 Å². The van der Waals surface area contributed by atoms with Crippen LogP contribution < -0.4 is 0 Å². The van der Waals surface area contributed by atoms with E-state index >= 15 is 0 Å². The summed E-state index contributed by atoms with van der Waals surface area (Å²) in [6.45, 7) is 1.04. The molecule has 0 atom stereocenters. The van der Waals surface area contributed by atoms with Crippen molar-refractivity contribution in [3.8, 4) is 5.75 Å². The molecule has 0 saturated heterocycles.